The number of hydrogen-bond acceptors (Lipinski definition) is 6. The molecular weight excluding hydrogens is 657 g/mol. The van der Waals surface area contributed by atoms with Crippen molar-refractivity contribution in [3.63, 3.8) is 0 Å². The summed E-state index contributed by atoms with van der Waals surface area (Å²) in [6.45, 7) is 14.9. The molecule has 50 heavy (non-hydrogen) atoms. The molecule has 5 rings (SSSR count). The molecule has 0 N–H and O–H groups in total. The second-order valence-corrected chi connectivity index (χ2v) is 16.3. The zero-order valence-corrected chi connectivity index (χ0v) is 31.9. The normalized spacial score (nSPS) is 11.6. The first kappa shape index (κ1) is 37.2. The summed E-state index contributed by atoms with van der Waals surface area (Å²) >= 11 is 0. The van der Waals surface area contributed by atoms with Crippen LogP contribution in [0.2, 0.25) is 0 Å². The average Bonchev–Trinajstić information content (AvgIpc) is 3.14. The molecule has 6 nitrogen and oxygen atoms in total. The van der Waals surface area contributed by atoms with E-state index in [-0.39, 0.29) is 0 Å². The summed E-state index contributed by atoms with van der Waals surface area (Å²) in [5.74, 6) is 13.9. The molecule has 0 amide bonds. The highest BCUT2D eigenvalue weighted by Crippen LogP contribution is 2.32. The summed E-state index contributed by atoms with van der Waals surface area (Å²) in [4.78, 5) is 0. The predicted molar refractivity (Wildman–Crippen MR) is 207 cm³/mol. The fourth-order valence-corrected chi connectivity index (χ4v) is 11.0. The smallest absolute Gasteiger partial charge is 0.370 e. The van der Waals surface area contributed by atoms with Crippen molar-refractivity contribution in [2.24, 2.45) is 0 Å². The summed E-state index contributed by atoms with van der Waals surface area (Å²) in [6, 6.07) is 32.8. The summed E-state index contributed by atoms with van der Waals surface area (Å²) in [7, 11) is -5.98. The largest absolute Gasteiger partial charge is 0.537 e. The van der Waals surface area contributed by atoms with Gasteiger partial charge in [-0.2, -0.15) is 0 Å². The SMILES string of the molecule is CCO[Si](OCC)(OCC)c1ccc(C#Cc2c3ccccc3c(C#Cc3ccc([Si](OCC)(OCC)OCC)cc3)c3ccccc23)cc1. The number of benzene rings is 5. The van der Waals surface area contributed by atoms with Crippen LogP contribution < -0.4 is 10.4 Å². The van der Waals surface area contributed by atoms with Crippen molar-refractivity contribution in [1.82, 2.24) is 0 Å². The zero-order chi connectivity index (χ0) is 35.4. The molecule has 0 heterocycles. The van der Waals surface area contributed by atoms with Crippen LogP contribution >= 0.6 is 0 Å². The minimum absolute atomic E-state index is 0.514. The van der Waals surface area contributed by atoms with Crippen molar-refractivity contribution < 1.29 is 26.6 Å². The van der Waals surface area contributed by atoms with Crippen LogP contribution in [-0.4, -0.2) is 57.3 Å². The maximum atomic E-state index is 6.10. The van der Waals surface area contributed by atoms with Crippen LogP contribution in [0.5, 0.6) is 0 Å². The van der Waals surface area contributed by atoms with Gasteiger partial charge in [-0.25, -0.2) is 0 Å². The Labute approximate surface area is 299 Å². The molecule has 0 fully saturated rings. The van der Waals surface area contributed by atoms with Gasteiger partial charge in [0.2, 0.25) is 0 Å². The van der Waals surface area contributed by atoms with Crippen molar-refractivity contribution in [2.45, 2.75) is 41.5 Å². The molecule has 8 heteroatoms. The van der Waals surface area contributed by atoms with Gasteiger partial charge in [0.1, 0.15) is 0 Å². The standard InChI is InChI=1S/C42H46O6Si2/c1-7-43-49(44-8-2,45-9-3)35-27-21-33(22-28-35)25-31-41-37-17-13-15-19-39(37)42(40-20-16-14-18-38(40)41)32-26-34-23-29-36(30-24-34)50(46-10-4,47-11-5)48-12-6/h13-24,27-30H,7-12H2,1-6H3. The van der Waals surface area contributed by atoms with Crippen molar-refractivity contribution in [2.75, 3.05) is 39.6 Å². The van der Waals surface area contributed by atoms with E-state index in [4.69, 9.17) is 26.6 Å². The third kappa shape index (κ3) is 8.11. The Balaban J connectivity index is 1.54. The number of hydrogen-bond donors (Lipinski definition) is 0. The van der Waals surface area contributed by atoms with Gasteiger partial charge in [0.15, 0.2) is 0 Å². The molecule has 0 aliphatic heterocycles. The van der Waals surface area contributed by atoms with Crippen molar-refractivity contribution in [3.8, 4) is 23.7 Å². The van der Waals surface area contributed by atoms with E-state index in [2.05, 4.69) is 72.2 Å². The zero-order valence-electron chi connectivity index (χ0n) is 29.9. The fraction of sp³-hybridized carbons (Fsp3) is 0.286. The molecule has 0 saturated heterocycles. The van der Waals surface area contributed by atoms with Gasteiger partial charge in [-0.3, -0.25) is 0 Å². The van der Waals surface area contributed by atoms with Gasteiger partial charge in [0.05, 0.1) is 0 Å². The van der Waals surface area contributed by atoms with Crippen LogP contribution in [0.3, 0.4) is 0 Å². The van der Waals surface area contributed by atoms with Crippen LogP contribution in [-0.2, 0) is 26.6 Å². The molecule has 0 unspecified atom stereocenters. The summed E-state index contributed by atoms with van der Waals surface area (Å²) in [6.07, 6.45) is 0. The Bertz CT molecular complexity index is 1770. The lowest BCUT2D eigenvalue weighted by atomic mass is 9.92. The quantitative estimate of drug-likeness (QED) is 0.0688. The molecule has 0 radical (unpaired) electrons. The monoisotopic (exact) mass is 702 g/mol. The van der Waals surface area contributed by atoms with E-state index in [1.165, 1.54) is 0 Å². The Morgan fingerprint density at radius 1 is 0.360 bits per heavy atom. The molecule has 258 valence electrons. The van der Waals surface area contributed by atoms with Crippen LogP contribution in [0.4, 0.5) is 0 Å². The number of fused-ring (bicyclic) bond motifs is 2. The molecule has 0 aromatic heterocycles. The lowest BCUT2D eigenvalue weighted by Gasteiger charge is -2.28. The van der Waals surface area contributed by atoms with Gasteiger partial charge < -0.3 is 26.6 Å². The Morgan fingerprint density at radius 2 is 0.620 bits per heavy atom. The third-order valence-corrected chi connectivity index (χ3v) is 14.2. The maximum Gasteiger partial charge on any atom is 0.537 e. The summed E-state index contributed by atoms with van der Waals surface area (Å²) in [5.41, 5.74) is 3.74. The highest BCUT2D eigenvalue weighted by Gasteiger charge is 2.44. The predicted octanol–water partition coefficient (Wildman–Crippen LogP) is 7.30. The summed E-state index contributed by atoms with van der Waals surface area (Å²) in [5, 5.41) is 6.11. The lowest BCUT2D eigenvalue weighted by molar-refractivity contribution is 0.0851. The van der Waals surface area contributed by atoms with Crippen molar-refractivity contribution >= 4 is 49.5 Å². The second-order valence-electron chi connectivity index (χ2n) is 11.2. The molecule has 5 aromatic rings. The van der Waals surface area contributed by atoms with E-state index in [0.29, 0.717) is 39.6 Å². The first-order chi connectivity index (χ1) is 24.5. The molecule has 0 aliphatic carbocycles. The van der Waals surface area contributed by atoms with Gasteiger partial charge in [-0.05, 0) is 87.4 Å². The number of rotatable bonds is 14. The van der Waals surface area contributed by atoms with Gasteiger partial charge >= 0.3 is 17.6 Å². The first-order valence-electron chi connectivity index (χ1n) is 17.5. The molecule has 0 spiro atoms. The fourth-order valence-electron chi connectivity index (χ4n) is 6.07. The molecular formula is C42H46O6Si2. The minimum atomic E-state index is -2.99. The van der Waals surface area contributed by atoms with E-state index in [0.717, 1.165) is 54.2 Å². The second kappa shape index (κ2) is 17.7. The summed E-state index contributed by atoms with van der Waals surface area (Å²) < 4.78 is 36.6. The topological polar surface area (TPSA) is 55.4 Å². The van der Waals surface area contributed by atoms with Crippen LogP contribution in [0.1, 0.15) is 63.8 Å². The van der Waals surface area contributed by atoms with Gasteiger partial charge in [-0.1, -0.05) is 96.5 Å². The van der Waals surface area contributed by atoms with E-state index in [9.17, 15) is 0 Å². The van der Waals surface area contributed by atoms with Crippen LogP contribution in [0.15, 0.2) is 97.1 Å². The van der Waals surface area contributed by atoms with Crippen molar-refractivity contribution in [3.05, 3.63) is 119 Å². The van der Waals surface area contributed by atoms with Crippen LogP contribution in [0.25, 0.3) is 21.5 Å². The molecule has 5 aromatic carbocycles. The Hall–Kier alpha value is -4.07. The Kier molecular flexibility index (Phi) is 13.2. The highest BCUT2D eigenvalue weighted by atomic mass is 28.4. The Morgan fingerprint density at radius 3 is 0.860 bits per heavy atom. The molecule has 0 saturated carbocycles. The van der Waals surface area contributed by atoms with Crippen LogP contribution in [0, 0.1) is 23.7 Å². The minimum Gasteiger partial charge on any atom is -0.370 e. The van der Waals surface area contributed by atoms with Gasteiger partial charge in [-0.15, -0.1) is 0 Å². The average molecular weight is 703 g/mol. The third-order valence-electron chi connectivity index (χ3n) is 8.08. The molecule has 0 aliphatic rings. The molecule has 0 atom stereocenters. The van der Waals surface area contributed by atoms with Gasteiger partial charge in [0, 0.05) is 72.3 Å². The maximum absolute atomic E-state index is 6.10. The first-order valence-corrected chi connectivity index (χ1v) is 20.9. The van der Waals surface area contributed by atoms with E-state index >= 15 is 0 Å². The van der Waals surface area contributed by atoms with Gasteiger partial charge in [0.25, 0.3) is 0 Å². The van der Waals surface area contributed by atoms with E-state index in [1.807, 2.05) is 90.1 Å². The molecule has 0 bridgehead atoms. The van der Waals surface area contributed by atoms with E-state index < -0.39 is 17.6 Å². The van der Waals surface area contributed by atoms with E-state index in [1.54, 1.807) is 0 Å². The highest BCUT2D eigenvalue weighted by molar-refractivity contribution is 6.75. The lowest BCUT2D eigenvalue weighted by Crippen LogP contribution is -2.56. The van der Waals surface area contributed by atoms with Crippen molar-refractivity contribution in [1.29, 1.82) is 0 Å².